The third-order valence-corrected chi connectivity index (χ3v) is 5.67. The van der Waals surface area contributed by atoms with Crippen LogP contribution in [-0.4, -0.2) is 45.4 Å². The maximum atomic E-state index is 12.8. The lowest BCUT2D eigenvalue weighted by Crippen LogP contribution is -2.39. The van der Waals surface area contributed by atoms with E-state index in [9.17, 15) is 9.59 Å². The van der Waals surface area contributed by atoms with E-state index in [-0.39, 0.29) is 17.5 Å². The second kappa shape index (κ2) is 8.57. The van der Waals surface area contributed by atoms with Gasteiger partial charge < -0.3 is 9.64 Å². The van der Waals surface area contributed by atoms with Gasteiger partial charge in [-0.05, 0) is 42.7 Å². The molecular formula is C23H26N4O3. The highest BCUT2D eigenvalue weighted by atomic mass is 16.5. The van der Waals surface area contributed by atoms with E-state index in [1.54, 1.807) is 18.7 Å². The number of para-hydroxylation sites is 1. The molecule has 0 unspecified atom stereocenters. The summed E-state index contributed by atoms with van der Waals surface area (Å²) in [6.07, 6.45) is 1.93. The molecule has 0 atom stereocenters. The van der Waals surface area contributed by atoms with Crippen LogP contribution in [0.25, 0.3) is 5.69 Å². The number of carbonyl (C=O) groups excluding carboxylic acids is 1. The maximum Gasteiger partial charge on any atom is 0.350 e. The minimum atomic E-state index is -0.146. The molecule has 0 spiro atoms. The van der Waals surface area contributed by atoms with E-state index in [1.807, 2.05) is 59.5 Å². The highest BCUT2D eigenvalue weighted by Gasteiger charge is 2.28. The highest BCUT2D eigenvalue weighted by Crippen LogP contribution is 2.28. The maximum absolute atomic E-state index is 12.8. The van der Waals surface area contributed by atoms with Gasteiger partial charge in [-0.3, -0.25) is 4.79 Å². The van der Waals surface area contributed by atoms with Crippen LogP contribution in [0.5, 0.6) is 5.75 Å². The molecule has 0 saturated carbocycles. The van der Waals surface area contributed by atoms with Gasteiger partial charge in [0.15, 0.2) is 0 Å². The third kappa shape index (κ3) is 4.01. The number of amides is 1. The Morgan fingerprint density at radius 2 is 1.83 bits per heavy atom. The number of hydrogen-bond donors (Lipinski definition) is 0. The van der Waals surface area contributed by atoms with Gasteiger partial charge in [0.1, 0.15) is 11.6 Å². The van der Waals surface area contributed by atoms with Crippen molar-refractivity contribution in [3.63, 3.8) is 0 Å². The number of carbonyl (C=O) groups is 1. The SMILES string of the molecule is COc1cccc(CC(=O)N2CCC(c3nn(C)c(=O)n3-c3ccccc3)CC2)c1. The van der Waals surface area contributed by atoms with Gasteiger partial charge in [0.25, 0.3) is 0 Å². The summed E-state index contributed by atoms with van der Waals surface area (Å²) in [5.41, 5.74) is 1.62. The van der Waals surface area contributed by atoms with Gasteiger partial charge in [0.2, 0.25) is 5.91 Å². The lowest BCUT2D eigenvalue weighted by atomic mass is 9.95. The quantitative estimate of drug-likeness (QED) is 0.653. The summed E-state index contributed by atoms with van der Waals surface area (Å²) in [6.45, 7) is 1.32. The zero-order valence-corrected chi connectivity index (χ0v) is 17.3. The van der Waals surface area contributed by atoms with Crippen LogP contribution < -0.4 is 10.4 Å². The predicted molar refractivity (Wildman–Crippen MR) is 114 cm³/mol. The fourth-order valence-corrected chi connectivity index (χ4v) is 4.02. The van der Waals surface area contributed by atoms with E-state index in [0.29, 0.717) is 19.5 Å². The largest absolute Gasteiger partial charge is 0.497 e. The molecule has 0 N–H and O–H groups in total. The fraction of sp³-hybridized carbons (Fsp3) is 0.348. The Morgan fingerprint density at radius 3 is 2.53 bits per heavy atom. The van der Waals surface area contributed by atoms with Crippen LogP contribution in [0.1, 0.15) is 30.1 Å². The van der Waals surface area contributed by atoms with Crippen LogP contribution in [0.3, 0.4) is 0 Å². The molecule has 30 heavy (non-hydrogen) atoms. The predicted octanol–water partition coefficient (Wildman–Crippen LogP) is 2.53. The summed E-state index contributed by atoms with van der Waals surface area (Å²) in [6, 6.07) is 17.2. The van der Waals surface area contributed by atoms with Crippen molar-refractivity contribution < 1.29 is 9.53 Å². The van der Waals surface area contributed by atoms with Crippen LogP contribution in [-0.2, 0) is 18.3 Å². The molecule has 1 amide bonds. The number of methoxy groups -OCH3 is 1. The first-order chi connectivity index (χ1) is 14.6. The number of likely N-dealkylation sites (tertiary alicyclic amines) is 1. The molecule has 2 heterocycles. The van der Waals surface area contributed by atoms with Crippen molar-refractivity contribution in [3.8, 4) is 11.4 Å². The monoisotopic (exact) mass is 406 g/mol. The Balaban J connectivity index is 1.46. The molecule has 1 aliphatic heterocycles. The van der Waals surface area contributed by atoms with Crippen molar-refractivity contribution in [1.29, 1.82) is 0 Å². The first-order valence-corrected chi connectivity index (χ1v) is 10.2. The molecule has 0 aliphatic carbocycles. The summed E-state index contributed by atoms with van der Waals surface area (Å²) in [4.78, 5) is 27.3. The molecule has 3 aromatic rings. The Kier molecular flexibility index (Phi) is 5.70. The molecule has 1 fully saturated rings. The van der Waals surface area contributed by atoms with Gasteiger partial charge in [0, 0.05) is 26.1 Å². The number of piperidine rings is 1. The zero-order valence-electron chi connectivity index (χ0n) is 17.3. The van der Waals surface area contributed by atoms with Gasteiger partial charge in [-0.2, -0.15) is 5.10 Å². The molecule has 1 saturated heterocycles. The van der Waals surface area contributed by atoms with E-state index >= 15 is 0 Å². The Hall–Kier alpha value is -3.35. The normalized spacial score (nSPS) is 14.7. The minimum absolute atomic E-state index is 0.114. The second-order valence-electron chi connectivity index (χ2n) is 7.62. The standard InChI is InChI=1S/C23H26N4O3/c1-25-23(29)27(19-8-4-3-5-9-19)22(24-25)18-11-13-26(14-12-18)21(28)16-17-7-6-10-20(15-17)30-2/h3-10,15,18H,11-14,16H2,1-2H3. The number of aryl methyl sites for hydroxylation is 1. The van der Waals surface area contributed by atoms with Gasteiger partial charge in [-0.25, -0.2) is 14.0 Å². The molecule has 7 nitrogen and oxygen atoms in total. The Morgan fingerprint density at radius 1 is 1.10 bits per heavy atom. The highest BCUT2D eigenvalue weighted by molar-refractivity contribution is 5.79. The Bertz CT molecular complexity index is 1080. The first-order valence-electron chi connectivity index (χ1n) is 10.2. The lowest BCUT2D eigenvalue weighted by Gasteiger charge is -2.31. The molecule has 4 rings (SSSR count). The van der Waals surface area contributed by atoms with Crippen LogP contribution in [0.4, 0.5) is 0 Å². The number of benzene rings is 2. The number of ether oxygens (including phenoxy) is 1. The summed E-state index contributed by atoms with van der Waals surface area (Å²) in [7, 11) is 3.30. The van der Waals surface area contributed by atoms with Gasteiger partial charge in [-0.1, -0.05) is 30.3 Å². The summed E-state index contributed by atoms with van der Waals surface area (Å²) < 4.78 is 8.33. The fourth-order valence-electron chi connectivity index (χ4n) is 4.02. The van der Waals surface area contributed by atoms with Crippen molar-refractivity contribution in [1.82, 2.24) is 19.2 Å². The van der Waals surface area contributed by atoms with Crippen LogP contribution >= 0.6 is 0 Å². The smallest absolute Gasteiger partial charge is 0.350 e. The first kappa shape index (κ1) is 19.9. The number of rotatable bonds is 5. The van der Waals surface area contributed by atoms with Crippen LogP contribution in [0, 0.1) is 0 Å². The van der Waals surface area contributed by atoms with Gasteiger partial charge >= 0.3 is 5.69 Å². The van der Waals surface area contributed by atoms with Crippen molar-refractivity contribution >= 4 is 5.91 Å². The molecule has 2 aromatic carbocycles. The molecule has 156 valence electrons. The zero-order chi connectivity index (χ0) is 21.1. The van der Waals surface area contributed by atoms with Crippen LogP contribution in [0.2, 0.25) is 0 Å². The average Bonchev–Trinajstić information content (AvgIpc) is 3.09. The molecule has 0 bridgehead atoms. The molecular weight excluding hydrogens is 380 g/mol. The van der Waals surface area contributed by atoms with Gasteiger partial charge in [-0.15, -0.1) is 0 Å². The lowest BCUT2D eigenvalue weighted by molar-refractivity contribution is -0.131. The average molecular weight is 406 g/mol. The van der Waals surface area contributed by atoms with Crippen molar-refractivity contribution in [3.05, 3.63) is 76.5 Å². The van der Waals surface area contributed by atoms with E-state index in [1.165, 1.54) is 4.68 Å². The van der Waals surface area contributed by atoms with Crippen molar-refractivity contribution in [2.75, 3.05) is 20.2 Å². The topological polar surface area (TPSA) is 69.4 Å². The molecule has 1 aliphatic rings. The molecule has 0 radical (unpaired) electrons. The molecule has 7 heteroatoms. The van der Waals surface area contributed by atoms with E-state index in [2.05, 4.69) is 5.10 Å². The summed E-state index contributed by atoms with van der Waals surface area (Å²) in [5, 5.41) is 4.52. The number of hydrogen-bond acceptors (Lipinski definition) is 4. The number of aromatic nitrogens is 3. The van der Waals surface area contributed by atoms with E-state index < -0.39 is 0 Å². The minimum Gasteiger partial charge on any atom is -0.497 e. The molecule has 1 aromatic heterocycles. The third-order valence-electron chi connectivity index (χ3n) is 5.67. The summed E-state index contributed by atoms with van der Waals surface area (Å²) >= 11 is 0. The Labute approximate surface area is 175 Å². The van der Waals surface area contributed by atoms with Crippen LogP contribution in [0.15, 0.2) is 59.4 Å². The summed E-state index contributed by atoms with van der Waals surface area (Å²) in [5.74, 6) is 1.78. The van der Waals surface area contributed by atoms with Gasteiger partial charge in [0.05, 0.1) is 19.2 Å². The van der Waals surface area contributed by atoms with Crippen molar-refractivity contribution in [2.24, 2.45) is 7.05 Å². The van der Waals surface area contributed by atoms with E-state index in [0.717, 1.165) is 35.7 Å². The second-order valence-corrected chi connectivity index (χ2v) is 7.62. The van der Waals surface area contributed by atoms with E-state index in [4.69, 9.17) is 4.74 Å². The number of nitrogens with zero attached hydrogens (tertiary/aromatic N) is 4. The van der Waals surface area contributed by atoms with Crippen molar-refractivity contribution in [2.45, 2.75) is 25.2 Å².